The number of carbonyl (C=O) groups is 1. The zero-order chi connectivity index (χ0) is 15.1. The van der Waals surface area contributed by atoms with E-state index in [1.54, 1.807) is 17.4 Å². The molecule has 0 saturated heterocycles. The minimum atomic E-state index is -0.0958. The quantitative estimate of drug-likeness (QED) is 0.542. The lowest BCUT2D eigenvalue weighted by Gasteiger charge is -2.09. The SMILES string of the molecule is CCCc1cc(C(=O)NCCc2ccsc2)cc(NN)n1. The van der Waals surface area contributed by atoms with Crippen molar-refractivity contribution >= 4 is 23.1 Å². The molecule has 2 aromatic heterocycles. The molecule has 6 heteroatoms. The van der Waals surface area contributed by atoms with Crippen molar-refractivity contribution in [1.29, 1.82) is 0 Å². The van der Waals surface area contributed by atoms with Crippen LogP contribution in [0.5, 0.6) is 0 Å². The fourth-order valence-electron chi connectivity index (χ4n) is 2.03. The number of rotatable bonds is 7. The fraction of sp³-hybridized carbons (Fsp3) is 0.333. The van der Waals surface area contributed by atoms with Gasteiger partial charge in [-0.3, -0.25) is 4.79 Å². The summed E-state index contributed by atoms with van der Waals surface area (Å²) < 4.78 is 0. The summed E-state index contributed by atoms with van der Waals surface area (Å²) in [7, 11) is 0. The highest BCUT2D eigenvalue weighted by Crippen LogP contribution is 2.12. The fourth-order valence-corrected chi connectivity index (χ4v) is 2.74. The van der Waals surface area contributed by atoms with Gasteiger partial charge in [0.2, 0.25) is 0 Å². The zero-order valence-electron chi connectivity index (χ0n) is 12.1. The van der Waals surface area contributed by atoms with E-state index in [1.807, 2.05) is 11.4 Å². The predicted molar refractivity (Wildman–Crippen MR) is 86.4 cm³/mol. The van der Waals surface area contributed by atoms with E-state index in [9.17, 15) is 4.79 Å². The smallest absolute Gasteiger partial charge is 0.251 e. The van der Waals surface area contributed by atoms with Gasteiger partial charge in [-0.05, 0) is 47.4 Å². The number of pyridine rings is 1. The maximum absolute atomic E-state index is 12.2. The summed E-state index contributed by atoms with van der Waals surface area (Å²) in [5.41, 5.74) is 5.21. The van der Waals surface area contributed by atoms with E-state index < -0.39 is 0 Å². The molecule has 0 aromatic carbocycles. The minimum Gasteiger partial charge on any atom is -0.352 e. The molecule has 1 amide bonds. The highest BCUT2D eigenvalue weighted by Gasteiger charge is 2.09. The first-order chi connectivity index (χ1) is 10.2. The molecule has 21 heavy (non-hydrogen) atoms. The Morgan fingerprint density at radius 2 is 2.24 bits per heavy atom. The van der Waals surface area contributed by atoms with Crippen molar-refractivity contribution in [3.63, 3.8) is 0 Å². The number of nitrogens with one attached hydrogen (secondary N) is 2. The third-order valence-electron chi connectivity index (χ3n) is 3.07. The summed E-state index contributed by atoms with van der Waals surface area (Å²) in [4.78, 5) is 16.5. The van der Waals surface area contributed by atoms with E-state index in [2.05, 4.69) is 34.1 Å². The predicted octanol–water partition coefficient (Wildman–Crippen LogP) is 2.35. The average Bonchev–Trinajstić information content (AvgIpc) is 3.00. The molecule has 0 bridgehead atoms. The standard InChI is InChI=1S/C15H20N4OS/c1-2-3-13-8-12(9-14(18-13)19-16)15(20)17-6-4-11-5-7-21-10-11/h5,7-10H,2-4,6,16H2,1H3,(H,17,20)(H,18,19). The van der Waals surface area contributed by atoms with Gasteiger partial charge in [-0.15, -0.1) is 0 Å². The summed E-state index contributed by atoms with van der Waals surface area (Å²) >= 11 is 1.66. The van der Waals surface area contributed by atoms with Crippen LogP contribution in [-0.4, -0.2) is 17.4 Å². The van der Waals surface area contributed by atoms with Crippen LogP contribution in [0, 0.1) is 0 Å². The molecule has 0 fully saturated rings. The summed E-state index contributed by atoms with van der Waals surface area (Å²) in [6.45, 7) is 2.69. The Labute approximate surface area is 128 Å². The summed E-state index contributed by atoms with van der Waals surface area (Å²) in [6.07, 6.45) is 2.63. The van der Waals surface area contributed by atoms with E-state index in [4.69, 9.17) is 5.84 Å². The number of hydrogen-bond donors (Lipinski definition) is 3. The van der Waals surface area contributed by atoms with Crippen molar-refractivity contribution < 1.29 is 4.79 Å². The average molecular weight is 304 g/mol. The van der Waals surface area contributed by atoms with Crippen LogP contribution in [0.2, 0.25) is 0 Å². The van der Waals surface area contributed by atoms with Crippen molar-refractivity contribution in [3.8, 4) is 0 Å². The van der Waals surface area contributed by atoms with Crippen LogP contribution in [0.4, 0.5) is 5.82 Å². The van der Waals surface area contributed by atoms with Gasteiger partial charge in [0, 0.05) is 17.8 Å². The zero-order valence-corrected chi connectivity index (χ0v) is 12.9. The number of carbonyl (C=O) groups excluding carboxylic acids is 1. The highest BCUT2D eigenvalue weighted by atomic mass is 32.1. The van der Waals surface area contributed by atoms with Crippen molar-refractivity contribution in [2.24, 2.45) is 5.84 Å². The third-order valence-corrected chi connectivity index (χ3v) is 3.81. The van der Waals surface area contributed by atoms with Crippen LogP contribution < -0.4 is 16.6 Å². The van der Waals surface area contributed by atoms with Crippen molar-refractivity contribution in [3.05, 3.63) is 45.8 Å². The van der Waals surface area contributed by atoms with E-state index in [-0.39, 0.29) is 5.91 Å². The van der Waals surface area contributed by atoms with Crippen LogP contribution in [-0.2, 0) is 12.8 Å². The van der Waals surface area contributed by atoms with Gasteiger partial charge in [-0.1, -0.05) is 13.3 Å². The lowest BCUT2D eigenvalue weighted by atomic mass is 10.1. The molecular weight excluding hydrogens is 284 g/mol. The Hall–Kier alpha value is -1.92. The minimum absolute atomic E-state index is 0.0958. The highest BCUT2D eigenvalue weighted by molar-refractivity contribution is 7.07. The van der Waals surface area contributed by atoms with E-state index >= 15 is 0 Å². The number of amides is 1. The molecule has 2 rings (SSSR count). The first kappa shape index (κ1) is 15.5. The van der Waals surface area contributed by atoms with E-state index in [0.29, 0.717) is 17.9 Å². The molecule has 0 unspecified atom stereocenters. The molecule has 0 atom stereocenters. The first-order valence-corrected chi connectivity index (χ1v) is 7.94. The maximum atomic E-state index is 12.2. The number of hydrogen-bond acceptors (Lipinski definition) is 5. The molecular formula is C15H20N4OS. The van der Waals surface area contributed by atoms with Crippen LogP contribution >= 0.6 is 11.3 Å². The Kier molecular flexibility index (Phi) is 5.71. The molecule has 2 aromatic rings. The summed E-state index contributed by atoms with van der Waals surface area (Å²) in [5, 5.41) is 7.06. The topological polar surface area (TPSA) is 80.0 Å². The first-order valence-electron chi connectivity index (χ1n) is 6.99. The summed E-state index contributed by atoms with van der Waals surface area (Å²) in [6, 6.07) is 5.56. The number of hydrazine groups is 1. The second-order valence-electron chi connectivity index (χ2n) is 4.76. The molecule has 0 aliphatic rings. The number of thiophene rings is 1. The van der Waals surface area contributed by atoms with Gasteiger partial charge in [0.1, 0.15) is 5.82 Å². The molecule has 0 aliphatic heterocycles. The van der Waals surface area contributed by atoms with Gasteiger partial charge >= 0.3 is 0 Å². The number of nitrogens with two attached hydrogens (primary N) is 1. The molecule has 0 aliphatic carbocycles. The monoisotopic (exact) mass is 304 g/mol. The third kappa shape index (κ3) is 4.54. The Balaban J connectivity index is 1.98. The normalized spacial score (nSPS) is 10.4. The number of nitrogens with zero attached hydrogens (tertiary/aromatic N) is 1. The van der Waals surface area contributed by atoms with Crippen LogP contribution in [0.25, 0.3) is 0 Å². The van der Waals surface area contributed by atoms with Crippen LogP contribution in [0.1, 0.15) is 35.0 Å². The molecule has 5 nitrogen and oxygen atoms in total. The van der Waals surface area contributed by atoms with E-state index in [0.717, 1.165) is 25.0 Å². The van der Waals surface area contributed by atoms with Gasteiger partial charge in [0.15, 0.2) is 0 Å². The van der Waals surface area contributed by atoms with Crippen LogP contribution in [0.15, 0.2) is 29.0 Å². The Morgan fingerprint density at radius 3 is 2.90 bits per heavy atom. The molecule has 2 heterocycles. The molecule has 0 saturated carbocycles. The molecule has 0 spiro atoms. The lowest BCUT2D eigenvalue weighted by molar-refractivity contribution is 0.0954. The Morgan fingerprint density at radius 1 is 1.38 bits per heavy atom. The molecule has 4 N–H and O–H groups in total. The van der Waals surface area contributed by atoms with Crippen molar-refractivity contribution in [1.82, 2.24) is 10.3 Å². The second kappa shape index (κ2) is 7.75. The van der Waals surface area contributed by atoms with Crippen molar-refractivity contribution in [2.45, 2.75) is 26.2 Å². The van der Waals surface area contributed by atoms with E-state index in [1.165, 1.54) is 5.56 Å². The van der Waals surface area contributed by atoms with Gasteiger partial charge in [0.05, 0.1) is 0 Å². The molecule has 112 valence electrons. The number of nitrogen functional groups attached to an aromatic ring is 1. The van der Waals surface area contributed by atoms with Gasteiger partial charge < -0.3 is 10.7 Å². The van der Waals surface area contributed by atoms with Gasteiger partial charge in [-0.2, -0.15) is 11.3 Å². The van der Waals surface area contributed by atoms with Crippen molar-refractivity contribution in [2.75, 3.05) is 12.0 Å². The number of anilines is 1. The number of aromatic nitrogens is 1. The summed E-state index contributed by atoms with van der Waals surface area (Å²) in [5.74, 6) is 5.83. The van der Waals surface area contributed by atoms with Gasteiger partial charge in [0.25, 0.3) is 5.91 Å². The Bertz CT molecular complexity index is 583. The van der Waals surface area contributed by atoms with Crippen LogP contribution in [0.3, 0.4) is 0 Å². The number of aryl methyl sites for hydroxylation is 1. The molecule has 0 radical (unpaired) electrons. The maximum Gasteiger partial charge on any atom is 0.251 e. The second-order valence-corrected chi connectivity index (χ2v) is 5.54. The lowest BCUT2D eigenvalue weighted by Crippen LogP contribution is -2.26. The van der Waals surface area contributed by atoms with Gasteiger partial charge in [-0.25, -0.2) is 10.8 Å². The largest absolute Gasteiger partial charge is 0.352 e.